The van der Waals surface area contributed by atoms with E-state index in [-0.39, 0.29) is 16.8 Å². The lowest BCUT2D eigenvalue weighted by Gasteiger charge is -2.10. The van der Waals surface area contributed by atoms with Crippen LogP contribution in [0, 0.1) is 0 Å². The van der Waals surface area contributed by atoms with E-state index in [1.165, 1.54) is 24.3 Å². The van der Waals surface area contributed by atoms with Crippen molar-refractivity contribution in [1.29, 1.82) is 0 Å². The Labute approximate surface area is 130 Å². The maximum absolute atomic E-state index is 12.9. The molecule has 1 amide bonds. The van der Waals surface area contributed by atoms with Crippen molar-refractivity contribution in [2.45, 2.75) is 11.9 Å². The lowest BCUT2D eigenvalue weighted by molar-refractivity contribution is -0.141. The Morgan fingerprint density at radius 1 is 1.26 bits per heavy atom. The largest absolute Gasteiger partial charge is 0.433 e. The molecule has 2 aromatic rings. The fourth-order valence-electron chi connectivity index (χ4n) is 1.80. The van der Waals surface area contributed by atoms with Gasteiger partial charge in [-0.05, 0) is 18.2 Å². The fourth-order valence-corrected chi connectivity index (χ4v) is 2.15. The van der Waals surface area contributed by atoms with E-state index in [0.29, 0.717) is 6.07 Å². The first-order chi connectivity index (χ1) is 10.7. The van der Waals surface area contributed by atoms with E-state index in [4.69, 9.17) is 10.3 Å². The van der Waals surface area contributed by atoms with Gasteiger partial charge in [-0.3, -0.25) is 4.79 Å². The topological polar surface area (TPSA) is 106 Å². The number of hydrogen-bond acceptors (Lipinski definition) is 4. The van der Waals surface area contributed by atoms with Gasteiger partial charge in [0.1, 0.15) is 17.3 Å². The van der Waals surface area contributed by atoms with Gasteiger partial charge in [-0.25, -0.2) is 14.2 Å². The lowest BCUT2D eigenvalue weighted by Crippen LogP contribution is -2.13. The zero-order valence-electron chi connectivity index (χ0n) is 11.4. The van der Waals surface area contributed by atoms with Crippen LogP contribution in [0.4, 0.5) is 13.2 Å². The highest BCUT2D eigenvalue weighted by atomic mass is 32.2. The number of carbonyl (C=O) groups excluding carboxylic acids is 1. The van der Waals surface area contributed by atoms with Crippen molar-refractivity contribution in [2.75, 3.05) is 0 Å². The molecule has 1 aromatic heterocycles. The van der Waals surface area contributed by atoms with Crippen LogP contribution in [0.25, 0.3) is 11.3 Å². The Bertz CT molecular complexity index is 781. The lowest BCUT2D eigenvalue weighted by atomic mass is 10.1. The number of aromatic nitrogens is 2. The number of carbonyl (C=O) groups is 1. The molecule has 0 fully saturated rings. The number of nitrogens with zero attached hydrogens (tertiary/aromatic N) is 2. The molecule has 0 saturated heterocycles. The number of nitrogens with two attached hydrogens (primary N) is 1. The molecule has 10 heteroatoms. The SMILES string of the molecule is NC(=O)c1cccc(-c2cc(C(F)(F)F)nc(CS(=O)O)n2)c1. The molecule has 0 aliphatic carbocycles. The highest BCUT2D eigenvalue weighted by Gasteiger charge is 2.34. The number of benzene rings is 1. The molecule has 1 heterocycles. The molecule has 0 spiro atoms. The summed E-state index contributed by atoms with van der Waals surface area (Å²) in [4.78, 5) is 18.2. The molecule has 122 valence electrons. The molecule has 0 saturated carbocycles. The van der Waals surface area contributed by atoms with Crippen molar-refractivity contribution in [3.63, 3.8) is 0 Å². The van der Waals surface area contributed by atoms with Gasteiger partial charge >= 0.3 is 6.18 Å². The minimum absolute atomic E-state index is 0.0990. The van der Waals surface area contributed by atoms with E-state index in [1.807, 2.05) is 0 Å². The average Bonchev–Trinajstić information content (AvgIpc) is 2.45. The third-order valence-corrected chi connectivity index (χ3v) is 3.26. The Kier molecular flexibility index (Phi) is 4.76. The summed E-state index contributed by atoms with van der Waals surface area (Å²) in [6, 6.07) is 6.26. The minimum Gasteiger partial charge on any atom is -0.366 e. The highest BCUT2D eigenvalue weighted by Crippen LogP contribution is 2.30. The molecule has 0 bridgehead atoms. The number of primary amides is 1. The van der Waals surface area contributed by atoms with Crippen LogP contribution in [-0.2, 0) is 23.0 Å². The Balaban J connectivity index is 2.59. The molecule has 6 nitrogen and oxygen atoms in total. The summed E-state index contributed by atoms with van der Waals surface area (Å²) in [6.45, 7) is 0. The summed E-state index contributed by atoms with van der Waals surface area (Å²) in [5.41, 5.74) is 4.07. The summed E-state index contributed by atoms with van der Waals surface area (Å²) >= 11 is -2.39. The van der Waals surface area contributed by atoms with E-state index in [1.54, 1.807) is 0 Å². The van der Waals surface area contributed by atoms with Crippen molar-refractivity contribution in [2.24, 2.45) is 5.73 Å². The maximum atomic E-state index is 12.9. The summed E-state index contributed by atoms with van der Waals surface area (Å²) in [5.74, 6) is -1.82. The summed E-state index contributed by atoms with van der Waals surface area (Å²) in [5, 5.41) is 0. The van der Waals surface area contributed by atoms with E-state index in [0.717, 1.165) is 0 Å². The summed E-state index contributed by atoms with van der Waals surface area (Å²) in [6.07, 6.45) is -4.75. The molecule has 0 aliphatic heterocycles. The maximum Gasteiger partial charge on any atom is 0.433 e. The van der Waals surface area contributed by atoms with Crippen LogP contribution in [0.2, 0.25) is 0 Å². The predicted molar refractivity (Wildman–Crippen MR) is 75.5 cm³/mol. The number of halogens is 3. The van der Waals surface area contributed by atoms with Crippen LogP contribution >= 0.6 is 0 Å². The van der Waals surface area contributed by atoms with Gasteiger partial charge < -0.3 is 10.3 Å². The van der Waals surface area contributed by atoms with Crippen molar-refractivity contribution >= 4 is 17.0 Å². The van der Waals surface area contributed by atoms with E-state index < -0.39 is 40.4 Å². The van der Waals surface area contributed by atoms with Gasteiger partial charge in [0.25, 0.3) is 0 Å². The molecular formula is C13H10F3N3O3S. The van der Waals surface area contributed by atoms with E-state index in [2.05, 4.69) is 9.97 Å². The van der Waals surface area contributed by atoms with Crippen LogP contribution in [0.3, 0.4) is 0 Å². The number of rotatable bonds is 4. The quantitative estimate of drug-likeness (QED) is 0.824. The van der Waals surface area contributed by atoms with Gasteiger partial charge in [0.2, 0.25) is 5.91 Å². The van der Waals surface area contributed by atoms with E-state index >= 15 is 0 Å². The molecule has 0 radical (unpaired) electrons. The number of hydrogen-bond donors (Lipinski definition) is 2. The minimum atomic E-state index is -4.75. The van der Waals surface area contributed by atoms with Gasteiger partial charge in [0, 0.05) is 11.1 Å². The summed E-state index contributed by atoms with van der Waals surface area (Å²) < 4.78 is 58.4. The highest BCUT2D eigenvalue weighted by molar-refractivity contribution is 7.78. The molecule has 1 aromatic carbocycles. The van der Waals surface area contributed by atoms with Crippen molar-refractivity contribution in [3.05, 3.63) is 47.4 Å². The zero-order chi connectivity index (χ0) is 17.2. The Morgan fingerprint density at radius 2 is 1.96 bits per heavy atom. The Morgan fingerprint density at radius 3 is 2.52 bits per heavy atom. The van der Waals surface area contributed by atoms with Crippen molar-refractivity contribution in [1.82, 2.24) is 9.97 Å². The molecule has 2 rings (SSSR count). The second-order valence-corrected chi connectivity index (χ2v) is 5.39. The third-order valence-electron chi connectivity index (χ3n) is 2.76. The second-order valence-electron chi connectivity index (χ2n) is 4.46. The van der Waals surface area contributed by atoms with Gasteiger partial charge in [0.15, 0.2) is 11.1 Å². The monoisotopic (exact) mass is 345 g/mol. The van der Waals surface area contributed by atoms with Crippen LogP contribution in [0.1, 0.15) is 21.9 Å². The van der Waals surface area contributed by atoms with Crippen LogP contribution in [0.15, 0.2) is 30.3 Å². The van der Waals surface area contributed by atoms with Gasteiger partial charge in [-0.1, -0.05) is 12.1 Å². The van der Waals surface area contributed by atoms with E-state index in [9.17, 15) is 22.2 Å². The first-order valence-electron chi connectivity index (χ1n) is 6.09. The summed E-state index contributed by atoms with van der Waals surface area (Å²) in [7, 11) is 0. The van der Waals surface area contributed by atoms with Crippen molar-refractivity contribution in [3.8, 4) is 11.3 Å². The number of alkyl halides is 3. The molecule has 23 heavy (non-hydrogen) atoms. The predicted octanol–water partition coefficient (Wildman–Crippen LogP) is 1.98. The molecule has 3 N–H and O–H groups in total. The van der Waals surface area contributed by atoms with Crippen LogP contribution in [0.5, 0.6) is 0 Å². The standard InChI is InChI=1S/C13H10F3N3O3S/c14-13(15,16)10-5-9(18-11(19-10)6-23(21)22)7-2-1-3-8(4-7)12(17)20/h1-5H,6H2,(H2,17,20)(H,21,22). The number of amides is 1. The van der Waals surface area contributed by atoms with Crippen LogP contribution < -0.4 is 5.73 Å². The first kappa shape index (κ1) is 17.0. The molecule has 1 atom stereocenters. The van der Waals surface area contributed by atoms with Gasteiger partial charge in [-0.2, -0.15) is 13.2 Å². The second kappa shape index (κ2) is 6.42. The molecular weight excluding hydrogens is 335 g/mol. The van der Waals surface area contributed by atoms with Gasteiger partial charge in [-0.15, -0.1) is 0 Å². The first-order valence-corrected chi connectivity index (χ1v) is 7.37. The normalized spacial score (nSPS) is 12.9. The van der Waals surface area contributed by atoms with Crippen LogP contribution in [-0.4, -0.2) is 24.6 Å². The smallest absolute Gasteiger partial charge is 0.366 e. The third kappa shape index (κ3) is 4.33. The van der Waals surface area contributed by atoms with Gasteiger partial charge in [0.05, 0.1) is 5.69 Å². The molecule has 1 unspecified atom stereocenters. The zero-order valence-corrected chi connectivity index (χ0v) is 12.2. The average molecular weight is 345 g/mol. The molecule has 0 aliphatic rings. The van der Waals surface area contributed by atoms with Crippen molar-refractivity contribution < 1.29 is 26.7 Å². The fraction of sp³-hybridized carbons (Fsp3) is 0.154. The Hall–Kier alpha value is -2.33.